The summed E-state index contributed by atoms with van der Waals surface area (Å²) in [6, 6.07) is 5.48. The molecule has 1 aromatic carbocycles. The van der Waals surface area contributed by atoms with E-state index in [9.17, 15) is 19.8 Å². The third kappa shape index (κ3) is 7.18. The molecule has 0 amide bonds. The number of allylic oxidation sites excluding steroid dienone is 2. The van der Waals surface area contributed by atoms with Crippen LogP contribution in [0.25, 0.3) is 11.1 Å². The van der Waals surface area contributed by atoms with E-state index in [2.05, 4.69) is 4.98 Å². The molecule has 0 aliphatic carbocycles. The zero-order valence-corrected chi connectivity index (χ0v) is 23.3. The van der Waals surface area contributed by atoms with Gasteiger partial charge in [-0.2, -0.15) is 0 Å². The number of aromatic nitrogens is 1. The maximum absolute atomic E-state index is 13.6. The van der Waals surface area contributed by atoms with Gasteiger partial charge in [-0.1, -0.05) is 43.7 Å². The Morgan fingerprint density at radius 2 is 1.92 bits per heavy atom. The average Bonchev–Trinajstić information content (AvgIpc) is 3.24. The summed E-state index contributed by atoms with van der Waals surface area (Å²) in [7, 11) is 0. The molecule has 0 fully saturated rings. The second kappa shape index (κ2) is 12.8. The highest BCUT2D eigenvalue weighted by atomic mass is 16.5. The van der Waals surface area contributed by atoms with Gasteiger partial charge in [-0.05, 0) is 51.3 Å². The van der Waals surface area contributed by atoms with Gasteiger partial charge in [0.15, 0.2) is 11.5 Å². The Hall–Kier alpha value is -2.81. The zero-order chi connectivity index (χ0) is 28.0. The Bertz CT molecular complexity index is 1180. The molecule has 3 rings (SSSR count). The van der Waals surface area contributed by atoms with Gasteiger partial charge in [0.2, 0.25) is 0 Å². The van der Waals surface area contributed by atoms with Crippen molar-refractivity contribution in [3.05, 3.63) is 53.5 Å². The van der Waals surface area contributed by atoms with Crippen LogP contribution >= 0.6 is 0 Å². The third-order valence-corrected chi connectivity index (χ3v) is 7.41. The number of hydrogen-bond donors (Lipinski definition) is 2. The first kappa shape index (κ1) is 29.7. The van der Waals surface area contributed by atoms with Crippen LogP contribution in [-0.2, 0) is 19.1 Å². The number of carbonyl (C=O) groups excluding carboxylic acids is 2. The normalized spacial score (nSPS) is 29.8. The Balaban J connectivity index is 1.93. The van der Waals surface area contributed by atoms with Crippen molar-refractivity contribution in [1.82, 2.24) is 4.98 Å². The number of aliphatic hydroxyl groups is 2. The standard InChI is InChI=1S/C30H41NO7/c1-7-8-9-22-28(34)19(3)36-15-14-18(2)10-12-24(21-11-13-25-23(16-21)31-20(4)37-25)38-27(33)17-26(32)30(5,6)29(22)35/h7-8,10-11,13,16,19,22,24,26,28,32,34H,9,12,14-15,17H2,1-6H3/b8-7-,18-10-/t19-,22-,24+,26+,28-/m1/s1. The lowest BCUT2D eigenvalue weighted by atomic mass is 9.72. The summed E-state index contributed by atoms with van der Waals surface area (Å²) in [4.78, 5) is 31.1. The largest absolute Gasteiger partial charge is 0.457 e. The maximum atomic E-state index is 13.6. The topological polar surface area (TPSA) is 119 Å². The minimum atomic E-state index is -1.30. The first-order chi connectivity index (χ1) is 17.9. The van der Waals surface area contributed by atoms with E-state index in [4.69, 9.17) is 13.9 Å². The molecular formula is C30H41NO7. The van der Waals surface area contributed by atoms with Crippen LogP contribution in [0.1, 0.15) is 77.9 Å². The van der Waals surface area contributed by atoms with E-state index in [1.807, 2.05) is 44.2 Å². The number of cyclic esters (lactones) is 1. The number of nitrogens with zero attached hydrogens (tertiary/aromatic N) is 1. The molecule has 1 aliphatic heterocycles. The van der Waals surface area contributed by atoms with Crippen molar-refractivity contribution in [3.63, 3.8) is 0 Å². The van der Waals surface area contributed by atoms with Crippen molar-refractivity contribution in [2.75, 3.05) is 6.61 Å². The monoisotopic (exact) mass is 527 g/mol. The Morgan fingerprint density at radius 1 is 1.18 bits per heavy atom. The lowest BCUT2D eigenvalue weighted by Gasteiger charge is -2.35. The molecule has 1 aromatic heterocycles. The minimum Gasteiger partial charge on any atom is -0.457 e. The van der Waals surface area contributed by atoms with Crippen LogP contribution in [0.2, 0.25) is 0 Å². The van der Waals surface area contributed by atoms with Gasteiger partial charge in [0, 0.05) is 13.3 Å². The number of ketones is 1. The Kier molecular flexibility index (Phi) is 10.0. The number of carbonyl (C=O) groups is 2. The van der Waals surface area contributed by atoms with Crippen molar-refractivity contribution in [2.45, 2.75) is 91.6 Å². The number of oxazole rings is 1. The zero-order valence-electron chi connectivity index (χ0n) is 23.3. The Labute approximate surface area is 224 Å². The fourth-order valence-electron chi connectivity index (χ4n) is 4.70. The number of aliphatic hydroxyl groups excluding tert-OH is 2. The molecule has 2 N–H and O–H groups in total. The van der Waals surface area contributed by atoms with E-state index in [1.165, 1.54) is 0 Å². The highest BCUT2D eigenvalue weighted by Gasteiger charge is 2.44. The van der Waals surface area contributed by atoms with E-state index in [1.54, 1.807) is 33.8 Å². The van der Waals surface area contributed by atoms with Crippen LogP contribution in [-0.4, -0.2) is 51.9 Å². The van der Waals surface area contributed by atoms with Gasteiger partial charge < -0.3 is 24.1 Å². The van der Waals surface area contributed by atoms with Crippen molar-refractivity contribution in [3.8, 4) is 0 Å². The average molecular weight is 528 g/mol. The number of hydrogen-bond acceptors (Lipinski definition) is 8. The molecular weight excluding hydrogens is 486 g/mol. The molecule has 0 bridgehead atoms. The van der Waals surface area contributed by atoms with Crippen LogP contribution in [0, 0.1) is 18.3 Å². The van der Waals surface area contributed by atoms with Gasteiger partial charge in [0.1, 0.15) is 17.4 Å². The SMILES string of the molecule is C/C=C\C[C@H]1C(=O)C(C)(C)[C@@H](O)CC(=O)O[C@H](c2ccc3oc(C)nc3c2)C/C=C(/C)CCO[C@H](C)[C@H]1O. The summed E-state index contributed by atoms with van der Waals surface area (Å²) < 4.78 is 17.4. The van der Waals surface area contributed by atoms with Gasteiger partial charge in [-0.3, -0.25) is 9.59 Å². The van der Waals surface area contributed by atoms with Gasteiger partial charge >= 0.3 is 5.97 Å². The van der Waals surface area contributed by atoms with Gasteiger partial charge in [-0.15, -0.1) is 0 Å². The van der Waals surface area contributed by atoms with Gasteiger partial charge in [-0.25, -0.2) is 4.98 Å². The summed E-state index contributed by atoms with van der Waals surface area (Å²) >= 11 is 0. The van der Waals surface area contributed by atoms with Crippen molar-refractivity contribution >= 4 is 22.9 Å². The van der Waals surface area contributed by atoms with Gasteiger partial charge in [0.05, 0.1) is 42.7 Å². The van der Waals surface area contributed by atoms with E-state index >= 15 is 0 Å². The molecule has 2 heterocycles. The number of rotatable bonds is 3. The molecule has 38 heavy (non-hydrogen) atoms. The molecule has 8 heteroatoms. The first-order valence-corrected chi connectivity index (χ1v) is 13.3. The third-order valence-electron chi connectivity index (χ3n) is 7.41. The Morgan fingerprint density at radius 3 is 2.63 bits per heavy atom. The number of fused-ring (bicyclic) bond motifs is 1. The highest BCUT2D eigenvalue weighted by Crippen LogP contribution is 2.34. The molecule has 0 radical (unpaired) electrons. The second-order valence-corrected chi connectivity index (χ2v) is 10.8. The van der Waals surface area contributed by atoms with E-state index in [0.717, 1.165) is 11.1 Å². The number of esters is 1. The van der Waals surface area contributed by atoms with E-state index in [-0.39, 0.29) is 12.2 Å². The smallest absolute Gasteiger partial charge is 0.309 e. The second-order valence-electron chi connectivity index (χ2n) is 10.8. The molecule has 0 unspecified atom stereocenters. The van der Waals surface area contributed by atoms with Crippen LogP contribution in [0.3, 0.4) is 0 Å². The number of ether oxygens (including phenoxy) is 2. The number of benzene rings is 1. The molecule has 0 spiro atoms. The molecule has 5 atom stereocenters. The molecule has 1 aliphatic rings. The molecule has 8 nitrogen and oxygen atoms in total. The van der Waals surface area contributed by atoms with Crippen molar-refractivity contribution in [1.29, 1.82) is 0 Å². The number of Topliss-reactive ketones (excluding diaryl/α,β-unsaturated/α-hetero) is 1. The quantitative estimate of drug-likeness (QED) is 0.415. The molecule has 0 saturated carbocycles. The van der Waals surface area contributed by atoms with Crippen molar-refractivity contribution < 1.29 is 33.7 Å². The first-order valence-electron chi connectivity index (χ1n) is 13.3. The predicted molar refractivity (Wildman–Crippen MR) is 144 cm³/mol. The van der Waals surface area contributed by atoms with Crippen molar-refractivity contribution in [2.24, 2.45) is 11.3 Å². The van der Waals surface area contributed by atoms with E-state index < -0.39 is 41.7 Å². The number of aryl methyl sites for hydroxylation is 1. The summed E-state index contributed by atoms with van der Waals surface area (Å²) in [6.07, 6.45) is 3.07. The van der Waals surface area contributed by atoms with Gasteiger partial charge in [0.25, 0.3) is 0 Å². The summed E-state index contributed by atoms with van der Waals surface area (Å²) in [5.74, 6) is -1.19. The lowest BCUT2D eigenvalue weighted by Crippen LogP contribution is -2.47. The van der Waals surface area contributed by atoms with E-state index in [0.29, 0.717) is 42.9 Å². The van der Waals surface area contributed by atoms with Crippen LogP contribution < -0.4 is 0 Å². The molecule has 0 saturated heterocycles. The predicted octanol–water partition coefficient (Wildman–Crippen LogP) is 5.16. The molecule has 208 valence electrons. The lowest BCUT2D eigenvalue weighted by molar-refractivity contribution is -0.156. The summed E-state index contributed by atoms with van der Waals surface area (Å²) in [6.45, 7) is 10.9. The summed E-state index contributed by atoms with van der Waals surface area (Å²) in [5, 5.41) is 22.1. The van der Waals surface area contributed by atoms with Crippen LogP contribution in [0.15, 0.2) is 46.4 Å². The van der Waals surface area contributed by atoms with Crippen LogP contribution in [0.5, 0.6) is 0 Å². The fourth-order valence-corrected chi connectivity index (χ4v) is 4.70. The summed E-state index contributed by atoms with van der Waals surface area (Å²) in [5.41, 5.74) is 1.82. The fraction of sp³-hybridized carbons (Fsp3) is 0.567. The maximum Gasteiger partial charge on any atom is 0.309 e. The minimum absolute atomic E-state index is 0.301. The highest BCUT2D eigenvalue weighted by molar-refractivity contribution is 5.88. The van der Waals surface area contributed by atoms with Crippen LogP contribution in [0.4, 0.5) is 0 Å². The molecule has 2 aromatic rings.